The average Bonchev–Trinajstić information content (AvgIpc) is 3.25. The van der Waals surface area contributed by atoms with Crippen molar-refractivity contribution < 1.29 is 19.1 Å². The van der Waals surface area contributed by atoms with Crippen molar-refractivity contribution in [1.82, 2.24) is 15.0 Å². The number of allylic oxidation sites excluding steroid dienone is 1. The molecule has 0 aliphatic carbocycles. The molecule has 152 valence electrons. The molecule has 0 radical (unpaired) electrons. The lowest BCUT2D eigenvalue weighted by atomic mass is 10.1. The van der Waals surface area contributed by atoms with E-state index in [0.29, 0.717) is 16.8 Å². The van der Waals surface area contributed by atoms with Gasteiger partial charge >= 0.3 is 5.97 Å². The van der Waals surface area contributed by atoms with Crippen LogP contribution in [0.15, 0.2) is 73.0 Å². The van der Waals surface area contributed by atoms with Gasteiger partial charge in [0.05, 0.1) is 19.0 Å². The summed E-state index contributed by atoms with van der Waals surface area (Å²) in [6, 6.07) is 14.4. The topological polar surface area (TPSA) is 83.3 Å². The maximum atomic E-state index is 12.4. The molecule has 0 spiro atoms. The van der Waals surface area contributed by atoms with Crippen molar-refractivity contribution in [3.05, 3.63) is 89.8 Å². The van der Waals surface area contributed by atoms with Crippen LogP contribution in [-0.4, -0.2) is 33.9 Å². The van der Waals surface area contributed by atoms with Gasteiger partial charge in [0.25, 0.3) is 0 Å². The molecule has 0 aliphatic heterocycles. The number of carbonyl (C=O) groups excluding carboxylic acids is 2. The predicted octanol–water partition coefficient (Wildman–Crippen LogP) is 3.79. The van der Waals surface area contributed by atoms with Crippen molar-refractivity contribution in [2.75, 3.05) is 7.11 Å². The largest absolute Gasteiger partial charge is 0.497 e. The van der Waals surface area contributed by atoms with Crippen molar-refractivity contribution in [1.29, 1.82) is 0 Å². The van der Waals surface area contributed by atoms with Crippen LogP contribution < -0.4 is 4.74 Å². The highest BCUT2D eigenvalue weighted by atomic mass is 16.5. The smallest absolute Gasteiger partial charge is 0.333 e. The van der Waals surface area contributed by atoms with Crippen LogP contribution in [0.1, 0.15) is 28.5 Å². The second-order valence-corrected chi connectivity index (χ2v) is 6.53. The number of benzene rings is 2. The molecule has 1 aromatic heterocycles. The van der Waals surface area contributed by atoms with Crippen molar-refractivity contribution in [2.24, 2.45) is 0 Å². The Kier molecular flexibility index (Phi) is 6.54. The molecule has 0 atom stereocenters. The van der Waals surface area contributed by atoms with Gasteiger partial charge in [0, 0.05) is 11.1 Å². The summed E-state index contributed by atoms with van der Waals surface area (Å²) in [5.74, 6) is 0.178. The fourth-order valence-corrected chi connectivity index (χ4v) is 2.52. The third-order valence-electron chi connectivity index (χ3n) is 4.20. The number of ketones is 1. The lowest BCUT2D eigenvalue weighted by Crippen LogP contribution is -2.04. The van der Waals surface area contributed by atoms with Crippen LogP contribution in [-0.2, 0) is 16.1 Å². The number of hydrogen-bond acceptors (Lipinski definition) is 6. The monoisotopic (exact) mass is 403 g/mol. The van der Waals surface area contributed by atoms with Crippen molar-refractivity contribution >= 4 is 17.8 Å². The number of methoxy groups -OCH3 is 1. The summed E-state index contributed by atoms with van der Waals surface area (Å²) in [5, 5.41) is 7.99. The molecule has 30 heavy (non-hydrogen) atoms. The average molecular weight is 403 g/mol. The summed E-state index contributed by atoms with van der Waals surface area (Å²) < 4.78 is 11.7. The maximum absolute atomic E-state index is 12.4. The quantitative estimate of drug-likeness (QED) is 0.323. The molecule has 0 saturated heterocycles. The van der Waals surface area contributed by atoms with E-state index in [1.54, 1.807) is 55.3 Å². The Balaban J connectivity index is 1.63. The summed E-state index contributed by atoms with van der Waals surface area (Å²) in [6.07, 6.45) is 4.94. The van der Waals surface area contributed by atoms with Crippen LogP contribution in [0.3, 0.4) is 0 Å². The molecular weight excluding hydrogens is 382 g/mol. The molecule has 3 aromatic rings. The number of aromatic nitrogens is 3. The van der Waals surface area contributed by atoms with Gasteiger partial charge in [-0.2, -0.15) is 0 Å². The highest BCUT2D eigenvalue weighted by Gasteiger charge is 2.08. The van der Waals surface area contributed by atoms with Gasteiger partial charge in [-0.25, -0.2) is 9.48 Å². The molecule has 7 heteroatoms. The Morgan fingerprint density at radius 2 is 1.80 bits per heavy atom. The second kappa shape index (κ2) is 9.47. The van der Waals surface area contributed by atoms with Crippen LogP contribution in [0, 0.1) is 0 Å². The zero-order chi connectivity index (χ0) is 21.5. The van der Waals surface area contributed by atoms with Gasteiger partial charge in [-0.3, -0.25) is 4.79 Å². The first-order chi connectivity index (χ1) is 14.5. The van der Waals surface area contributed by atoms with Gasteiger partial charge in [-0.15, -0.1) is 5.10 Å². The van der Waals surface area contributed by atoms with E-state index >= 15 is 0 Å². The van der Waals surface area contributed by atoms with Crippen LogP contribution in [0.2, 0.25) is 0 Å². The van der Waals surface area contributed by atoms with Crippen molar-refractivity contribution in [3.63, 3.8) is 0 Å². The van der Waals surface area contributed by atoms with E-state index in [1.165, 1.54) is 6.08 Å². The SMILES string of the molecule is C=C(C)C(=O)OCc1cn(-c2ccc(C(=O)/C=C/c3ccc(OC)cc3)cc2)nn1. The molecule has 0 amide bonds. The van der Waals surface area contributed by atoms with Crippen LogP contribution in [0.4, 0.5) is 0 Å². The van der Waals surface area contributed by atoms with Gasteiger partial charge in [0.2, 0.25) is 0 Å². The number of rotatable bonds is 8. The van der Waals surface area contributed by atoms with Crippen LogP contribution >= 0.6 is 0 Å². The van der Waals surface area contributed by atoms with Gasteiger partial charge in [0.15, 0.2) is 5.78 Å². The highest BCUT2D eigenvalue weighted by molar-refractivity contribution is 6.06. The standard InChI is InChI=1S/C23H21N3O4/c1-16(2)23(28)30-15-19-14-26(25-24-19)20-9-7-18(8-10-20)22(27)13-6-17-4-11-21(29-3)12-5-17/h4-14H,1,15H2,2-3H3/b13-6+. The van der Waals surface area contributed by atoms with Crippen molar-refractivity contribution in [2.45, 2.75) is 13.5 Å². The molecular formula is C23H21N3O4. The second-order valence-electron chi connectivity index (χ2n) is 6.53. The summed E-state index contributed by atoms with van der Waals surface area (Å²) in [5.41, 5.74) is 3.02. The zero-order valence-electron chi connectivity index (χ0n) is 16.7. The third-order valence-corrected chi connectivity index (χ3v) is 4.20. The molecule has 0 fully saturated rings. The molecule has 0 N–H and O–H groups in total. The zero-order valence-corrected chi connectivity index (χ0v) is 16.7. The molecule has 3 rings (SSSR count). The Morgan fingerprint density at radius 1 is 1.10 bits per heavy atom. The molecule has 2 aromatic carbocycles. The molecule has 0 saturated carbocycles. The minimum Gasteiger partial charge on any atom is -0.497 e. The van der Waals surface area contributed by atoms with E-state index in [1.807, 2.05) is 24.3 Å². The van der Waals surface area contributed by atoms with E-state index in [2.05, 4.69) is 16.9 Å². The summed E-state index contributed by atoms with van der Waals surface area (Å²) in [4.78, 5) is 23.8. The first kappa shape index (κ1) is 20.7. The van der Waals surface area contributed by atoms with E-state index < -0.39 is 5.97 Å². The van der Waals surface area contributed by atoms with Gasteiger partial charge in [-0.05, 0) is 55.0 Å². The van der Waals surface area contributed by atoms with Crippen molar-refractivity contribution in [3.8, 4) is 11.4 Å². The Bertz CT molecular complexity index is 1080. The minimum atomic E-state index is -0.477. The van der Waals surface area contributed by atoms with Gasteiger partial charge in [-0.1, -0.05) is 30.0 Å². The first-order valence-corrected chi connectivity index (χ1v) is 9.17. The minimum absolute atomic E-state index is 0.0123. The fraction of sp³-hybridized carbons (Fsp3) is 0.130. The van der Waals surface area contributed by atoms with E-state index in [0.717, 1.165) is 17.0 Å². The normalized spacial score (nSPS) is 10.7. The summed E-state index contributed by atoms with van der Waals surface area (Å²) in [6.45, 7) is 5.12. The summed E-state index contributed by atoms with van der Waals surface area (Å²) >= 11 is 0. The third kappa shape index (κ3) is 5.29. The van der Waals surface area contributed by atoms with Crippen LogP contribution in [0.5, 0.6) is 5.75 Å². The number of carbonyl (C=O) groups is 2. The number of ether oxygens (including phenoxy) is 2. The van der Waals surface area contributed by atoms with E-state index in [9.17, 15) is 9.59 Å². The van der Waals surface area contributed by atoms with Crippen LogP contribution in [0.25, 0.3) is 11.8 Å². The lowest BCUT2D eigenvalue weighted by Gasteiger charge is -2.02. The predicted molar refractivity (Wildman–Crippen MR) is 112 cm³/mol. The lowest BCUT2D eigenvalue weighted by molar-refractivity contribution is -0.140. The fourth-order valence-electron chi connectivity index (χ4n) is 2.52. The molecule has 7 nitrogen and oxygen atoms in total. The highest BCUT2D eigenvalue weighted by Crippen LogP contribution is 2.14. The first-order valence-electron chi connectivity index (χ1n) is 9.17. The number of hydrogen-bond donors (Lipinski definition) is 0. The van der Waals surface area contributed by atoms with Gasteiger partial charge in [0.1, 0.15) is 18.1 Å². The van der Waals surface area contributed by atoms with Gasteiger partial charge < -0.3 is 9.47 Å². The molecule has 0 bridgehead atoms. The van der Waals surface area contributed by atoms with E-state index in [4.69, 9.17) is 9.47 Å². The summed E-state index contributed by atoms with van der Waals surface area (Å²) in [7, 11) is 1.61. The van der Waals surface area contributed by atoms with E-state index in [-0.39, 0.29) is 12.4 Å². The number of nitrogens with zero attached hydrogens (tertiary/aromatic N) is 3. The molecule has 0 unspecified atom stereocenters. The Hall–Kier alpha value is -4.00. The molecule has 1 heterocycles. The maximum Gasteiger partial charge on any atom is 0.333 e. The Morgan fingerprint density at radius 3 is 2.43 bits per heavy atom. The molecule has 0 aliphatic rings. The number of esters is 1. The Labute approximate surface area is 174 Å².